The molecule has 0 N–H and O–H groups in total. The molecule has 0 radical (unpaired) electrons. The number of hydrogen-bond acceptors (Lipinski definition) is 3. The Hall–Kier alpha value is -6.71. The molecule has 2 aromatic heterocycles. The first kappa shape index (κ1) is 28.3. The molecular formula is C47H29N3. The van der Waals surface area contributed by atoms with E-state index in [2.05, 4.69) is 164 Å². The van der Waals surface area contributed by atoms with Gasteiger partial charge in [-0.1, -0.05) is 158 Å². The van der Waals surface area contributed by atoms with Gasteiger partial charge in [-0.3, -0.25) is 0 Å². The monoisotopic (exact) mass is 635 g/mol. The van der Waals surface area contributed by atoms with Crippen molar-refractivity contribution >= 4 is 54.1 Å². The van der Waals surface area contributed by atoms with Crippen molar-refractivity contribution in [3.63, 3.8) is 0 Å². The van der Waals surface area contributed by atoms with Crippen LogP contribution in [0.5, 0.6) is 0 Å². The van der Waals surface area contributed by atoms with E-state index in [1.807, 2.05) is 12.1 Å². The van der Waals surface area contributed by atoms with Crippen LogP contribution in [-0.2, 0) is 0 Å². The minimum Gasteiger partial charge on any atom is -0.247 e. The molecule has 2 heterocycles. The molecule has 0 aliphatic carbocycles. The summed E-state index contributed by atoms with van der Waals surface area (Å²) < 4.78 is 0. The van der Waals surface area contributed by atoms with E-state index in [0.717, 1.165) is 55.3 Å². The van der Waals surface area contributed by atoms with E-state index >= 15 is 0 Å². The van der Waals surface area contributed by atoms with Crippen LogP contribution in [0.15, 0.2) is 176 Å². The zero-order valence-corrected chi connectivity index (χ0v) is 27.1. The molecule has 3 heteroatoms. The second-order valence-corrected chi connectivity index (χ2v) is 12.8. The number of aromatic nitrogens is 3. The second-order valence-electron chi connectivity index (χ2n) is 12.8. The van der Waals surface area contributed by atoms with E-state index in [1.54, 1.807) is 0 Å². The molecule has 10 rings (SSSR count). The third kappa shape index (κ3) is 4.56. The van der Waals surface area contributed by atoms with Gasteiger partial charge < -0.3 is 0 Å². The van der Waals surface area contributed by atoms with Gasteiger partial charge in [0.15, 0.2) is 5.82 Å². The number of benzene rings is 8. The summed E-state index contributed by atoms with van der Waals surface area (Å²) >= 11 is 0. The molecule has 0 aliphatic heterocycles. The summed E-state index contributed by atoms with van der Waals surface area (Å²) in [6.07, 6.45) is 0. The third-order valence-corrected chi connectivity index (χ3v) is 9.84. The Labute approximate surface area is 289 Å². The number of nitrogens with zero attached hydrogens (tertiary/aromatic N) is 3. The van der Waals surface area contributed by atoms with E-state index in [-0.39, 0.29) is 0 Å². The molecule has 0 atom stereocenters. The van der Waals surface area contributed by atoms with Crippen LogP contribution in [0.2, 0.25) is 0 Å². The van der Waals surface area contributed by atoms with Gasteiger partial charge in [-0.15, -0.1) is 0 Å². The normalized spacial score (nSPS) is 11.6. The van der Waals surface area contributed by atoms with Crippen molar-refractivity contribution in [3.8, 4) is 45.0 Å². The van der Waals surface area contributed by atoms with Crippen LogP contribution in [-0.4, -0.2) is 15.0 Å². The van der Waals surface area contributed by atoms with E-state index in [0.29, 0.717) is 5.82 Å². The molecular weight excluding hydrogens is 607 g/mol. The lowest BCUT2D eigenvalue weighted by atomic mass is 9.90. The molecule has 0 fully saturated rings. The maximum Gasteiger partial charge on any atom is 0.160 e. The van der Waals surface area contributed by atoms with Gasteiger partial charge in [0, 0.05) is 38.2 Å². The minimum absolute atomic E-state index is 0.688. The van der Waals surface area contributed by atoms with E-state index < -0.39 is 0 Å². The van der Waals surface area contributed by atoms with Gasteiger partial charge in [0.05, 0.1) is 22.4 Å². The largest absolute Gasteiger partial charge is 0.247 e. The zero-order chi connectivity index (χ0) is 33.0. The molecule has 0 saturated heterocycles. The molecule has 0 saturated carbocycles. The first-order chi connectivity index (χ1) is 24.8. The van der Waals surface area contributed by atoms with Gasteiger partial charge in [-0.2, -0.15) is 0 Å². The Morgan fingerprint density at radius 2 is 0.760 bits per heavy atom. The Kier molecular flexibility index (Phi) is 6.49. The van der Waals surface area contributed by atoms with Gasteiger partial charge in [0.2, 0.25) is 0 Å². The van der Waals surface area contributed by atoms with Crippen molar-refractivity contribution in [3.05, 3.63) is 176 Å². The fourth-order valence-corrected chi connectivity index (χ4v) is 7.52. The number of fused-ring (bicyclic) bond motifs is 9. The fourth-order valence-electron chi connectivity index (χ4n) is 7.52. The van der Waals surface area contributed by atoms with Gasteiger partial charge in [0.25, 0.3) is 0 Å². The van der Waals surface area contributed by atoms with E-state index in [9.17, 15) is 0 Å². The molecule has 10 aromatic rings. The Balaban J connectivity index is 1.19. The van der Waals surface area contributed by atoms with Crippen molar-refractivity contribution in [1.29, 1.82) is 0 Å². The Bertz CT molecular complexity index is 2910. The van der Waals surface area contributed by atoms with Crippen molar-refractivity contribution in [2.75, 3.05) is 0 Å². The van der Waals surface area contributed by atoms with Crippen LogP contribution in [0, 0.1) is 0 Å². The van der Waals surface area contributed by atoms with Crippen LogP contribution in [0.4, 0.5) is 0 Å². The summed E-state index contributed by atoms with van der Waals surface area (Å²) in [6.45, 7) is 0. The third-order valence-electron chi connectivity index (χ3n) is 9.84. The van der Waals surface area contributed by atoms with Crippen molar-refractivity contribution in [1.82, 2.24) is 15.0 Å². The van der Waals surface area contributed by atoms with Crippen LogP contribution in [0.1, 0.15) is 0 Å². The van der Waals surface area contributed by atoms with Crippen LogP contribution in [0.3, 0.4) is 0 Å². The highest BCUT2D eigenvalue weighted by atomic mass is 14.9. The summed E-state index contributed by atoms with van der Waals surface area (Å²) in [5.41, 5.74) is 9.17. The molecule has 0 amide bonds. The fraction of sp³-hybridized carbons (Fsp3) is 0. The standard InChI is InChI=1S/C47H29N3/c1-2-13-30(14-3-1)31-25-27-32(28-26-31)45-40-22-9-11-24-42(40)49-47(50-45)34-16-12-15-33(29-34)46-44-38-20-7-5-18-36(38)35-17-4-6-19-37(35)43(44)39-21-8-10-23-41(39)48-46/h1-29H. The van der Waals surface area contributed by atoms with E-state index in [1.165, 1.54) is 38.1 Å². The van der Waals surface area contributed by atoms with E-state index in [4.69, 9.17) is 15.0 Å². The van der Waals surface area contributed by atoms with Crippen molar-refractivity contribution in [2.45, 2.75) is 0 Å². The molecule has 50 heavy (non-hydrogen) atoms. The zero-order valence-electron chi connectivity index (χ0n) is 27.1. The molecule has 3 nitrogen and oxygen atoms in total. The summed E-state index contributed by atoms with van der Waals surface area (Å²) in [5.74, 6) is 0.688. The molecule has 0 unspecified atom stereocenters. The van der Waals surface area contributed by atoms with Gasteiger partial charge in [-0.05, 0) is 50.9 Å². The first-order valence-electron chi connectivity index (χ1n) is 17.0. The lowest BCUT2D eigenvalue weighted by molar-refractivity contribution is 1.23. The second kappa shape index (κ2) is 11.5. The molecule has 0 spiro atoms. The number of hydrogen-bond donors (Lipinski definition) is 0. The predicted molar refractivity (Wildman–Crippen MR) is 209 cm³/mol. The highest BCUT2D eigenvalue weighted by Gasteiger charge is 2.18. The Morgan fingerprint density at radius 1 is 0.260 bits per heavy atom. The topological polar surface area (TPSA) is 38.7 Å². The van der Waals surface area contributed by atoms with Gasteiger partial charge in [0.1, 0.15) is 0 Å². The summed E-state index contributed by atoms with van der Waals surface area (Å²) in [4.78, 5) is 15.7. The highest BCUT2D eigenvalue weighted by molar-refractivity contribution is 6.33. The summed E-state index contributed by atoms with van der Waals surface area (Å²) in [6, 6.07) is 61.9. The van der Waals surface area contributed by atoms with Crippen LogP contribution in [0.25, 0.3) is 99.2 Å². The summed E-state index contributed by atoms with van der Waals surface area (Å²) in [5, 5.41) is 9.49. The lowest BCUT2D eigenvalue weighted by Crippen LogP contribution is -1.96. The lowest BCUT2D eigenvalue weighted by Gasteiger charge is -2.16. The minimum atomic E-state index is 0.688. The number of pyridine rings is 1. The molecule has 0 bridgehead atoms. The maximum atomic E-state index is 5.37. The number of para-hydroxylation sites is 2. The average Bonchev–Trinajstić information content (AvgIpc) is 3.20. The number of rotatable bonds is 4. The quantitative estimate of drug-likeness (QED) is 0.181. The molecule has 232 valence electrons. The summed E-state index contributed by atoms with van der Waals surface area (Å²) in [7, 11) is 0. The molecule has 8 aromatic carbocycles. The molecule has 0 aliphatic rings. The van der Waals surface area contributed by atoms with Gasteiger partial charge >= 0.3 is 0 Å². The maximum absolute atomic E-state index is 5.37. The van der Waals surface area contributed by atoms with Crippen molar-refractivity contribution in [2.24, 2.45) is 0 Å². The first-order valence-corrected chi connectivity index (χ1v) is 17.0. The average molecular weight is 636 g/mol. The smallest absolute Gasteiger partial charge is 0.160 e. The van der Waals surface area contributed by atoms with Gasteiger partial charge in [-0.25, -0.2) is 15.0 Å². The van der Waals surface area contributed by atoms with Crippen LogP contribution < -0.4 is 0 Å². The SMILES string of the molecule is c1ccc(-c2ccc(-c3nc(-c4cccc(-c5nc6ccccc6c6c7ccccc7c7ccccc7c56)c4)nc4ccccc34)cc2)cc1. The van der Waals surface area contributed by atoms with Crippen LogP contribution >= 0.6 is 0 Å². The highest BCUT2D eigenvalue weighted by Crippen LogP contribution is 2.43. The Morgan fingerprint density at radius 3 is 1.48 bits per heavy atom. The predicted octanol–water partition coefficient (Wildman–Crippen LogP) is 12.3. The van der Waals surface area contributed by atoms with Crippen molar-refractivity contribution < 1.29 is 0 Å².